The zero-order chi connectivity index (χ0) is 25.0. The zero-order valence-corrected chi connectivity index (χ0v) is 21.3. The van der Waals surface area contributed by atoms with Gasteiger partial charge in [0.1, 0.15) is 0 Å². The van der Waals surface area contributed by atoms with E-state index in [1.54, 1.807) is 33.5 Å². The van der Waals surface area contributed by atoms with Crippen LogP contribution < -0.4 is 9.47 Å². The molecule has 0 aromatic heterocycles. The molecule has 1 saturated heterocycles. The van der Waals surface area contributed by atoms with Crippen LogP contribution in [0, 0.1) is 12.8 Å². The first-order valence-electron chi connectivity index (χ1n) is 11.8. The molecule has 0 N–H and O–H groups in total. The summed E-state index contributed by atoms with van der Waals surface area (Å²) in [6, 6.07) is 10.4. The number of aryl methyl sites for hydroxylation is 1. The molecule has 0 radical (unpaired) electrons. The van der Waals surface area contributed by atoms with Crippen molar-refractivity contribution in [3.05, 3.63) is 53.1 Å². The van der Waals surface area contributed by atoms with Crippen molar-refractivity contribution in [2.24, 2.45) is 5.92 Å². The van der Waals surface area contributed by atoms with E-state index >= 15 is 0 Å². The first-order valence-corrected chi connectivity index (χ1v) is 13.3. The number of ether oxygens (including phenoxy) is 3. The van der Waals surface area contributed by atoms with Crippen molar-refractivity contribution in [2.45, 2.75) is 55.2 Å². The molecule has 2 aromatic carbocycles. The highest BCUT2D eigenvalue weighted by Crippen LogP contribution is 2.57. The van der Waals surface area contributed by atoms with Crippen LogP contribution in [0.4, 0.5) is 0 Å². The van der Waals surface area contributed by atoms with Crippen molar-refractivity contribution < 1.29 is 31.6 Å². The maximum atomic E-state index is 13.8. The van der Waals surface area contributed by atoms with E-state index in [4.69, 9.17) is 18.4 Å². The highest BCUT2D eigenvalue weighted by atomic mass is 32.2. The molecule has 2 aliphatic heterocycles. The Hall–Kier alpha value is -2.62. The molecule has 1 aliphatic carbocycles. The third-order valence-electron chi connectivity index (χ3n) is 7.89. The lowest BCUT2D eigenvalue weighted by molar-refractivity contribution is -0.136. The number of carbonyl (C=O) groups is 1. The van der Waals surface area contributed by atoms with E-state index in [9.17, 15) is 13.2 Å². The summed E-state index contributed by atoms with van der Waals surface area (Å²) in [5.74, 6) is 0.533. The van der Waals surface area contributed by atoms with Gasteiger partial charge >= 0.3 is 0 Å². The molecule has 8 nitrogen and oxygen atoms in total. The van der Waals surface area contributed by atoms with Gasteiger partial charge in [0.05, 0.1) is 30.8 Å². The Morgan fingerprint density at radius 2 is 1.71 bits per heavy atom. The van der Waals surface area contributed by atoms with Crippen LogP contribution in [0.5, 0.6) is 11.5 Å². The van der Waals surface area contributed by atoms with Crippen molar-refractivity contribution in [1.82, 2.24) is 4.90 Å². The molecule has 35 heavy (non-hydrogen) atoms. The fourth-order valence-electron chi connectivity index (χ4n) is 6.17. The first kappa shape index (κ1) is 24.1. The van der Waals surface area contributed by atoms with Gasteiger partial charge in [0, 0.05) is 19.6 Å². The van der Waals surface area contributed by atoms with Gasteiger partial charge < -0.3 is 19.1 Å². The lowest BCUT2D eigenvalue weighted by atomic mass is 9.65. The van der Waals surface area contributed by atoms with Gasteiger partial charge in [-0.1, -0.05) is 17.7 Å². The van der Waals surface area contributed by atoms with Crippen molar-refractivity contribution in [3.8, 4) is 11.5 Å². The molecule has 2 aromatic rings. The van der Waals surface area contributed by atoms with E-state index in [2.05, 4.69) is 0 Å². The Labute approximate surface area is 206 Å². The third-order valence-corrected chi connectivity index (χ3v) is 9.20. The van der Waals surface area contributed by atoms with Crippen molar-refractivity contribution in [2.75, 3.05) is 27.9 Å². The Kier molecular flexibility index (Phi) is 6.05. The third kappa shape index (κ3) is 3.72. The normalized spacial score (nSPS) is 27.7. The summed E-state index contributed by atoms with van der Waals surface area (Å²) in [7, 11) is 0.689. The highest BCUT2D eigenvalue weighted by molar-refractivity contribution is 7.86. The van der Waals surface area contributed by atoms with Gasteiger partial charge in [-0.2, -0.15) is 8.42 Å². The Balaban J connectivity index is 1.61. The molecule has 5 rings (SSSR count). The van der Waals surface area contributed by atoms with Crippen molar-refractivity contribution in [1.29, 1.82) is 0 Å². The molecule has 1 amide bonds. The average molecular weight is 502 g/mol. The van der Waals surface area contributed by atoms with Gasteiger partial charge in [-0.25, -0.2) is 0 Å². The van der Waals surface area contributed by atoms with Crippen molar-refractivity contribution in [3.63, 3.8) is 0 Å². The fraction of sp³-hybridized carbons (Fsp3) is 0.500. The minimum absolute atomic E-state index is 0.0423. The van der Waals surface area contributed by atoms with Crippen molar-refractivity contribution >= 4 is 16.0 Å². The Morgan fingerprint density at radius 1 is 1.03 bits per heavy atom. The van der Waals surface area contributed by atoms with E-state index in [1.807, 2.05) is 24.0 Å². The summed E-state index contributed by atoms with van der Waals surface area (Å²) in [4.78, 5) is 15.7. The minimum Gasteiger partial charge on any atom is -0.493 e. The summed E-state index contributed by atoms with van der Waals surface area (Å²) in [5, 5.41) is 0. The fourth-order valence-corrected chi connectivity index (χ4v) is 7.24. The second kappa shape index (κ2) is 8.80. The summed E-state index contributed by atoms with van der Waals surface area (Å²) >= 11 is 0. The van der Waals surface area contributed by atoms with Crippen LogP contribution in [0.3, 0.4) is 0 Å². The van der Waals surface area contributed by atoms with Gasteiger partial charge in [0.15, 0.2) is 17.6 Å². The number of rotatable bonds is 6. The predicted octanol–water partition coefficient (Wildman–Crippen LogP) is 3.20. The summed E-state index contributed by atoms with van der Waals surface area (Å²) in [5.41, 5.74) is 2.31. The quantitative estimate of drug-likeness (QED) is 0.562. The molecule has 2 fully saturated rings. The number of hydrogen-bond acceptors (Lipinski definition) is 7. The van der Waals surface area contributed by atoms with Crippen LogP contribution in [0.15, 0.2) is 41.3 Å². The number of methoxy groups -OCH3 is 3. The lowest BCUT2D eigenvalue weighted by Gasteiger charge is -2.50. The van der Waals surface area contributed by atoms with Gasteiger partial charge in [0.2, 0.25) is 0 Å². The smallest absolute Gasteiger partial charge is 0.297 e. The molecular weight excluding hydrogens is 470 g/mol. The topological polar surface area (TPSA) is 91.4 Å². The van der Waals surface area contributed by atoms with E-state index in [0.29, 0.717) is 37.3 Å². The molecule has 1 saturated carbocycles. The van der Waals surface area contributed by atoms with Gasteiger partial charge in [-0.05, 0) is 68.0 Å². The molecule has 3 aliphatic rings. The van der Waals surface area contributed by atoms with E-state index in [-0.39, 0.29) is 16.9 Å². The number of fused-ring (bicyclic) bond motifs is 1. The predicted molar refractivity (Wildman–Crippen MR) is 128 cm³/mol. The number of hydrogen-bond donors (Lipinski definition) is 0. The second-order valence-corrected chi connectivity index (χ2v) is 11.1. The number of benzene rings is 2. The summed E-state index contributed by atoms with van der Waals surface area (Å²) in [6.45, 7) is 2.37. The molecule has 2 heterocycles. The van der Waals surface area contributed by atoms with Gasteiger partial charge in [0.25, 0.3) is 16.0 Å². The molecule has 188 valence electrons. The van der Waals surface area contributed by atoms with Gasteiger partial charge in [-0.3, -0.25) is 8.98 Å². The van der Waals surface area contributed by atoms with Crippen LogP contribution in [-0.4, -0.2) is 59.3 Å². The molecule has 0 bridgehead atoms. The maximum Gasteiger partial charge on any atom is 0.297 e. The first-order chi connectivity index (χ1) is 16.7. The minimum atomic E-state index is -4.15. The van der Waals surface area contributed by atoms with Crippen LogP contribution in [-0.2, 0) is 35.8 Å². The number of amides is 1. The van der Waals surface area contributed by atoms with Crippen LogP contribution >= 0.6 is 0 Å². The molecule has 1 spiro atoms. The number of carbonyl (C=O) groups excluding carboxylic acids is 1. The number of nitrogens with zero attached hydrogens (tertiary/aromatic N) is 1. The van der Waals surface area contributed by atoms with E-state index < -0.39 is 27.7 Å². The second-order valence-electron chi connectivity index (χ2n) is 9.55. The Bertz CT molecular complexity index is 1240. The van der Waals surface area contributed by atoms with Crippen LogP contribution in [0.25, 0.3) is 0 Å². The highest BCUT2D eigenvalue weighted by Gasteiger charge is 2.64. The Morgan fingerprint density at radius 3 is 2.37 bits per heavy atom. The molecular formula is C26H31NO7S. The summed E-state index contributed by atoms with van der Waals surface area (Å²) in [6.07, 6.45) is 1.34. The van der Waals surface area contributed by atoms with Crippen LogP contribution in [0.1, 0.15) is 36.0 Å². The van der Waals surface area contributed by atoms with Crippen LogP contribution in [0.2, 0.25) is 0 Å². The molecule has 9 heteroatoms. The summed E-state index contributed by atoms with van der Waals surface area (Å²) < 4.78 is 49.0. The maximum absolute atomic E-state index is 13.8. The largest absolute Gasteiger partial charge is 0.493 e. The average Bonchev–Trinajstić information content (AvgIpc) is 3.10. The lowest BCUT2D eigenvalue weighted by Crippen LogP contribution is -2.53. The standard InChI is InChI=1S/C26H31NO7S/c1-16-5-7-19(8-6-16)35(29,30)34-24-21-14-18(31-2)9-11-26(21)20-15-23(33-4)22(32-3)13-17(20)10-12-27(26)25(24)28/h5-8,13,15,18,21,24H,9-12,14H2,1-4H3/t18-,21-,24+,26-/m1/s1. The van der Waals surface area contributed by atoms with Gasteiger partial charge in [-0.15, -0.1) is 0 Å². The monoisotopic (exact) mass is 501 g/mol. The van der Waals surface area contributed by atoms with E-state index in [0.717, 1.165) is 23.1 Å². The molecule has 4 atom stereocenters. The molecule has 0 unspecified atom stereocenters. The SMILES string of the molecule is COc1cc2c(cc1OC)[C@]13CC[C@@H](OC)C[C@@H]1[C@H](OS(=O)(=O)c1ccc(C)cc1)C(=O)N3CC2. The zero-order valence-electron chi connectivity index (χ0n) is 20.4. The van der Waals surface area contributed by atoms with E-state index in [1.165, 1.54) is 12.1 Å².